The van der Waals surface area contributed by atoms with E-state index in [0.717, 1.165) is 35.0 Å². The van der Waals surface area contributed by atoms with Gasteiger partial charge in [0.15, 0.2) is 5.13 Å². The molecule has 0 aliphatic heterocycles. The molecule has 0 spiro atoms. The number of nitrogens with zero attached hydrogens (tertiary/aromatic N) is 1. The molecule has 1 amide bonds. The van der Waals surface area contributed by atoms with E-state index >= 15 is 0 Å². The van der Waals surface area contributed by atoms with Crippen LogP contribution in [0.3, 0.4) is 0 Å². The fraction of sp³-hybridized carbons (Fsp3) is 0.238. The minimum absolute atomic E-state index is 0.120. The van der Waals surface area contributed by atoms with E-state index in [2.05, 4.69) is 41.6 Å². The molecule has 0 aliphatic carbocycles. The number of benzene rings is 2. The van der Waals surface area contributed by atoms with Crippen LogP contribution >= 0.6 is 11.3 Å². The fourth-order valence-electron chi connectivity index (χ4n) is 2.78. The number of rotatable bonds is 6. The number of amides is 1. The maximum absolute atomic E-state index is 12.7. The Balaban J connectivity index is 1.78. The van der Waals surface area contributed by atoms with Crippen molar-refractivity contribution in [3.8, 4) is 0 Å². The van der Waals surface area contributed by atoms with Crippen LogP contribution in [-0.4, -0.2) is 10.9 Å². The number of carbonyl (C=O) groups is 1. The Kier molecular flexibility index (Phi) is 5.68. The molecule has 2 N–H and O–H groups in total. The Labute approximate surface area is 158 Å². The molecule has 0 atom stereocenters. The summed E-state index contributed by atoms with van der Waals surface area (Å²) >= 11 is 1.38. The predicted molar refractivity (Wildman–Crippen MR) is 110 cm³/mol. The van der Waals surface area contributed by atoms with Crippen LogP contribution in [0.15, 0.2) is 48.5 Å². The lowest BCUT2D eigenvalue weighted by atomic mass is 10.1. The number of nitrogens with one attached hydrogen (secondary N) is 2. The molecule has 0 fully saturated rings. The lowest BCUT2D eigenvalue weighted by molar-refractivity contribution is 0.103. The molecule has 4 nitrogen and oxygen atoms in total. The average Bonchev–Trinajstić information content (AvgIpc) is 3.02. The van der Waals surface area contributed by atoms with E-state index in [1.54, 1.807) is 0 Å². The molecule has 3 aromatic rings. The summed E-state index contributed by atoms with van der Waals surface area (Å²) in [6, 6.07) is 16.1. The van der Waals surface area contributed by atoms with Gasteiger partial charge < -0.3 is 10.6 Å². The van der Waals surface area contributed by atoms with Gasteiger partial charge in [0.2, 0.25) is 0 Å². The second kappa shape index (κ2) is 8.15. The predicted octanol–water partition coefficient (Wildman–Crippen LogP) is 5.57. The van der Waals surface area contributed by atoms with Crippen LogP contribution in [0.25, 0.3) is 0 Å². The first-order valence-corrected chi connectivity index (χ1v) is 9.65. The molecule has 1 aromatic heterocycles. The Morgan fingerprint density at radius 1 is 1.08 bits per heavy atom. The van der Waals surface area contributed by atoms with Gasteiger partial charge in [-0.2, -0.15) is 0 Å². The summed E-state index contributed by atoms with van der Waals surface area (Å²) in [5.41, 5.74) is 5.00. The second-order valence-corrected chi connectivity index (χ2v) is 7.08. The van der Waals surface area contributed by atoms with Gasteiger partial charge in [-0.15, -0.1) is 0 Å². The zero-order valence-electron chi connectivity index (χ0n) is 15.3. The Bertz CT molecular complexity index is 917. The standard InChI is InChI=1S/C21H23N3OS/c1-4-15-9-8-11-17(13-15)23-20(25)19-14(3)22-21(26-19)24-18-12-7-6-10-16(18)5-2/h6-13H,4-5H2,1-3H3,(H,22,24)(H,23,25). The van der Waals surface area contributed by atoms with Crippen molar-refractivity contribution in [1.82, 2.24) is 4.98 Å². The molecule has 0 bridgehead atoms. The van der Waals surface area contributed by atoms with Crippen molar-refractivity contribution in [3.63, 3.8) is 0 Å². The lowest BCUT2D eigenvalue weighted by Crippen LogP contribution is -2.11. The van der Waals surface area contributed by atoms with E-state index in [4.69, 9.17) is 0 Å². The van der Waals surface area contributed by atoms with Crippen molar-refractivity contribution in [2.24, 2.45) is 0 Å². The quantitative estimate of drug-likeness (QED) is 0.600. The van der Waals surface area contributed by atoms with Crippen LogP contribution in [-0.2, 0) is 12.8 Å². The summed E-state index contributed by atoms with van der Waals surface area (Å²) in [4.78, 5) is 17.8. The molecule has 3 rings (SSSR count). The van der Waals surface area contributed by atoms with Crippen LogP contribution < -0.4 is 10.6 Å². The molecule has 2 aromatic carbocycles. The van der Waals surface area contributed by atoms with Crippen molar-refractivity contribution in [3.05, 3.63) is 70.2 Å². The first-order valence-electron chi connectivity index (χ1n) is 8.83. The fourth-order valence-corrected chi connectivity index (χ4v) is 3.66. The van der Waals surface area contributed by atoms with Gasteiger partial charge in [0, 0.05) is 11.4 Å². The van der Waals surface area contributed by atoms with Gasteiger partial charge in [-0.1, -0.05) is 55.5 Å². The molecule has 1 heterocycles. The van der Waals surface area contributed by atoms with Crippen LogP contribution in [0, 0.1) is 6.92 Å². The maximum atomic E-state index is 12.7. The topological polar surface area (TPSA) is 54.0 Å². The van der Waals surface area contributed by atoms with Gasteiger partial charge in [-0.25, -0.2) is 4.98 Å². The van der Waals surface area contributed by atoms with E-state index in [9.17, 15) is 4.79 Å². The largest absolute Gasteiger partial charge is 0.331 e. The van der Waals surface area contributed by atoms with E-state index in [1.807, 2.05) is 43.3 Å². The van der Waals surface area contributed by atoms with Crippen LogP contribution in [0.1, 0.15) is 40.3 Å². The van der Waals surface area contributed by atoms with E-state index in [1.165, 1.54) is 22.5 Å². The lowest BCUT2D eigenvalue weighted by Gasteiger charge is -2.07. The van der Waals surface area contributed by atoms with Crippen LogP contribution in [0.2, 0.25) is 0 Å². The van der Waals surface area contributed by atoms with E-state index in [-0.39, 0.29) is 5.91 Å². The monoisotopic (exact) mass is 365 g/mol. The first kappa shape index (κ1) is 18.1. The highest BCUT2D eigenvalue weighted by Crippen LogP contribution is 2.28. The normalized spacial score (nSPS) is 10.6. The number of para-hydroxylation sites is 1. The van der Waals surface area contributed by atoms with Gasteiger partial charge in [0.1, 0.15) is 4.88 Å². The third-order valence-corrected chi connectivity index (χ3v) is 5.31. The summed E-state index contributed by atoms with van der Waals surface area (Å²) in [5.74, 6) is -0.120. The third-order valence-electron chi connectivity index (χ3n) is 4.24. The van der Waals surface area contributed by atoms with Crippen molar-refractivity contribution in [2.75, 3.05) is 10.6 Å². The van der Waals surface area contributed by atoms with Crippen molar-refractivity contribution in [2.45, 2.75) is 33.6 Å². The van der Waals surface area contributed by atoms with Gasteiger partial charge in [0.05, 0.1) is 5.69 Å². The number of anilines is 3. The van der Waals surface area contributed by atoms with Gasteiger partial charge >= 0.3 is 0 Å². The molecule has 26 heavy (non-hydrogen) atoms. The average molecular weight is 366 g/mol. The summed E-state index contributed by atoms with van der Waals surface area (Å²) in [6.07, 6.45) is 1.88. The first-order chi connectivity index (χ1) is 12.6. The summed E-state index contributed by atoms with van der Waals surface area (Å²) in [5, 5.41) is 7.06. The highest BCUT2D eigenvalue weighted by atomic mass is 32.1. The summed E-state index contributed by atoms with van der Waals surface area (Å²) < 4.78 is 0. The maximum Gasteiger partial charge on any atom is 0.267 e. The van der Waals surface area contributed by atoms with Crippen molar-refractivity contribution < 1.29 is 4.79 Å². The molecular formula is C21H23N3OS. The minimum atomic E-state index is -0.120. The highest BCUT2D eigenvalue weighted by molar-refractivity contribution is 7.17. The third kappa shape index (κ3) is 4.11. The Hall–Kier alpha value is -2.66. The Morgan fingerprint density at radius 2 is 1.88 bits per heavy atom. The molecule has 0 saturated carbocycles. The smallest absolute Gasteiger partial charge is 0.267 e. The molecule has 0 aliphatic rings. The molecule has 0 saturated heterocycles. The molecule has 0 unspecified atom stereocenters. The molecular weight excluding hydrogens is 342 g/mol. The van der Waals surface area contributed by atoms with E-state index in [0.29, 0.717) is 4.88 Å². The van der Waals surface area contributed by atoms with Gasteiger partial charge in [-0.05, 0) is 49.1 Å². The Morgan fingerprint density at radius 3 is 2.65 bits per heavy atom. The van der Waals surface area contributed by atoms with Crippen molar-refractivity contribution >= 4 is 33.8 Å². The number of hydrogen-bond donors (Lipinski definition) is 2. The van der Waals surface area contributed by atoms with Crippen molar-refractivity contribution in [1.29, 1.82) is 0 Å². The number of hydrogen-bond acceptors (Lipinski definition) is 4. The SMILES string of the molecule is CCc1cccc(NC(=O)c2sc(Nc3ccccc3CC)nc2C)c1. The number of carbonyl (C=O) groups excluding carboxylic acids is 1. The van der Waals surface area contributed by atoms with Gasteiger partial charge in [-0.3, -0.25) is 4.79 Å². The van der Waals surface area contributed by atoms with Crippen LogP contribution in [0.4, 0.5) is 16.5 Å². The summed E-state index contributed by atoms with van der Waals surface area (Å²) in [7, 11) is 0. The molecule has 5 heteroatoms. The number of aryl methyl sites for hydroxylation is 3. The zero-order chi connectivity index (χ0) is 18.5. The highest BCUT2D eigenvalue weighted by Gasteiger charge is 2.16. The van der Waals surface area contributed by atoms with E-state index < -0.39 is 0 Å². The van der Waals surface area contributed by atoms with Gasteiger partial charge in [0.25, 0.3) is 5.91 Å². The second-order valence-electron chi connectivity index (χ2n) is 6.08. The minimum Gasteiger partial charge on any atom is -0.331 e. The summed E-state index contributed by atoms with van der Waals surface area (Å²) in [6.45, 7) is 6.09. The number of thiazole rings is 1. The zero-order valence-corrected chi connectivity index (χ0v) is 16.1. The number of aromatic nitrogens is 1. The molecule has 134 valence electrons. The van der Waals surface area contributed by atoms with Crippen LogP contribution in [0.5, 0.6) is 0 Å². The molecule has 0 radical (unpaired) electrons.